The fraction of sp³-hybridized carbons (Fsp3) is 0. The molecule has 0 saturated heterocycles. The Bertz CT molecular complexity index is 1130. The van der Waals surface area contributed by atoms with Crippen LogP contribution < -0.4 is 0 Å². The van der Waals surface area contributed by atoms with Crippen molar-refractivity contribution < 1.29 is 4.42 Å². The minimum Gasteiger partial charge on any atom is -0.457 e. The predicted molar refractivity (Wildman–Crippen MR) is 95.9 cm³/mol. The fourth-order valence-electron chi connectivity index (χ4n) is 2.86. The summed E-state index contributed by atoms with van der Waals surface area (Å²) in [5.74, 6) is 0.588. The van der Waals surface area contributed by atoms with Gasteiger partial charge in [-0.05, 0) is 47.5 Å². The molecule has 2 aromatic carbocycles. The van der Waals surface area contributed by atoms with E-state index in [0.717, 1.165) is 22.1 Å². The molecule has 4 aromatic rings. The molecule has 0 saturated carbocycles. The van der Waals surface area contributed by atoms with Crippen LogP contribution in [0.2, 0.25) is 0 Å². The molecule has 116 valence electrons. The average Bonchev–Trinajstić information content (AvgIpc) is 3.11. The first kappa shape index (κ1) is 14.7. The van der Waals surface area contributed by atoms with E-state index in [1.807, 2.05) is 42.5 Å². The van der Waals surface area contributed by atoms with E-state index in [1.54, 1.807) is 24.5 Å². The maximum Gasteiger partial charge on any atom is 0.198 e. The van der Waals surface area contributed by atoms with Gasteiger partial charge in [-0.2, -0.15) is 5.26 Å². The van der Waals surface area contributed by atoms with Crippen LogP contribution in [-0.4, -0.2) is 4.98 Å². The fourth-order valence-corrected chi connectivity index (χ4v) is 2.86. The van der Waals surface area contributed by atoms with Crippen molar-refractivity contribution >= 4 is 16.7 Å². The molecule has 2 aromatic heterocycles. The summed E-state index contributed by atoms with van der Waals surface area (Å²) in [4.78, 5) is 7.64. The third-order valence-corrected chi connectivity index (χ3v) is 4.06. The second kappa shape index (κ2) is 5.96. The molecule has 0 spiro atoms. The van der Waals surface area contributed by atoms with E-state index in [1.165, 1.54) is 0 Å². The SMILES string of the molecule is [C-]#[N+]c1cc(-c2ccncc2)c(C#N)cc1-c1cc2ccccc2o1. The van der Waals surface area contributed by atoms with Crippen LogP contribution >= 0.6 is 0 Å². The smallest absolute Gasteiger partial charge is 0.198 e. The van der Waals surface area contributed by atoms with Crippen molar-refractivity contribution in [2.24, 2.45) is 0 Å². The van der Waals surface area contributed by atoms with Crippen molar-refractivity contribution in [2.75, 3.05) is 0 Å². The second-order valence-corrected chi connectivity index (χ2v) is 5.52. The molecular weight excluding hydrogens is 310 g/mol. The van der Waals surface area contributed by atoms with E-state index in [2.05, 4.69) is 15.9 Å². The van der Waals surface area contributed by atoms with E-state index in [4.69, 9.17) is 11.0 Å². The monoisotopic (exact) mass is 321 g/mol. The summed E-state index contributed by atoms with van der Waals surface area (Å²) >= 11 is 0. The van der Waals surface area contributed by atoms with Gasteiger partial charge in [0.15, 0.2) is 5.69 Å². The molecule has 0 aliphatic rings. The number of hydrogen-bond acceptors (Lipinski definition) is 3. The Morgan fingerprint density at radius 1 is 1.00 bits per heavy atom. The van der Waals surface area contributed by atoms with Crippen LogP contribution in [0.25, 0.3) is 38.3 Å². The molecule has 0 radical (unpaired) electrons. The normalized spacial score (nSPS) is 10.3. The Labute approximate surface area is 144 Å². The van der Waals surface area contributed by atoms with Gasteiger partial charge in [0.2, 0.25) is 0 Å². The molecule has 0 bridgehead atoms. The Morgan fingerprint density at radius 2 is 1.80 bits per heavy atom. The van der Waals surface area contributed by atoms with Gasteiger partial charge in [-0.15, -0.1) is 0 Å². The molecule has 4 rings (SSSR count). The van der Waals surface area contributed by atoms with E-state index < -0.39 is 0 Å². The number of nitriles is 1. The number of aromatic nitrogens is 1. The minimum atomic E-state index is 0.449. The summed E-state index contributed by atoms with van der Waals surface area (Å²) in [6.45, 7) is 7.54. The molecule has 25 heavy (non-hydrogen) atoms. The number of pyridine rings is 1. The van der Waals surface area contributed by atoms with Gasteiger partial charge < -0.3 is 4.42 Å². The molecule has 0 aliphatic heterocycles. The summed E-state index contributed by atoms with van der Waals surface area (Å²) in [5, 5.41) is 10.5. The first-order valence-electron chi connectivity index (χ1n) is 7.65. The van der Waals surface area contributed by atoms with Crippen molar-refractivity contribution in [1.29, 1.82) is 5.26 Å². The summed E-state index contributed by atoms with van der Waals surface area (Å²) < 4.78 is 5.88. The number of nitrogens with zero attached hydrogens (tertiary/aromatic N) is 3. The highest BCUT2D eigenvalue weighted by molar-refractivity contribution is 5.89. The number of hydrogen-bond donors (Lipinski definition) is 0. The van der Waals surface area contributed by atoms with Gasteiger partial charge >= 0.3 is 0 Å². The predicted octanol–water partition coefficient (Wildman–Crippen LogP) is 5.58. The van der Waals surface area contributed by atoms with Crippen molar-refractivity contribution in [1.82, 2.24) is 4.98 Å². The number of furan rings is 1. The first-order valence-corrected chi connectivity index (χ1v) is 7.65. The number of benzene rings is 2. The number of para-hydroxylation sites is 1. The van der Waals surface area contributed by atoms with Crippen molar-refractivity contribution in [2.45, 2.75) is 0 Å². The van der Waals surface area contributed by atoms with Crippen LogP contribution in [0.15, 0.2) is 71.4 Å². The third-order valence-electron chi connectivity index (χ3n) is 4.06. The van der Waals surface area contributed by atoms with Crippen molar-refractivity contribution in [3.63, 3.8) is 0 Å². The van der Waals surface area contributed by atoms with Crippen molar-refractivity contribution in [3.8, 4) is 28.5 Å². The lowest BCUT2D eigenvalue weighted by atomic mass is 9.96. The standard InChI is InChI=1S/C21H11N3O/c1-23-19-12-17(14-6-8-24-9-7-14)16(13-22)10-18(19)21-11-15-4-2-3-5-20(15)25-21/h2-12H. The maximum atomic E-state index is 9.58. The maximum absolute atomic E-state index is 9.58. The highest BCUT2D eigenvalue weighted by Gasteiger charge is 2.16. The largest absolute Gasteiger partial charge is 0.457 e. The van der Waals surface area contributed by atoms with E-state index in [9.17, 15) is 5.26 Å². The minimum absolute atomic E-state index is 0.449. The van der Waals surface area contributed by atoms with Gasteiger partial charge in [0.25, 0.3) is 0 Å². The van der Waals surface area contributed by atoms with E-state index in [0.29, 0.717) is 22.6 Å². The molecular formula is C21H11N3O. The summed E-state index contributed by atoms with van der Waals surface area (Å²) in [6, 6.07) is 18.9. The number of rotatable bonds is 2. The molecule has 0 N–H and O–H groups in total. The van der Waals surface area contributed by atoms with Gasteiger partial charge in [0, 0.05) is 23.3 Å². The molecule has 0 unspecified atom stereocenters. The van der Waals surface area contributed by atoms with Crippen LogP contribution in [0.4, 0.5) is 5.69 Å². The topological polar surface area (TPSA) is 54.2 Å². The molecule has 0 amide bonds. The van der Waals surface area contributed by atoms with E-state index >= 15 is 0 Å². The molecule has 0 aliphatic carbocycles. The van der Waals surface area contributed by atoms with Gasteiger partial charge in [-0.25, -0.2) is 4.85 Å². The van der Waals surface area contributed by atoms with Gasteiger partial charge in [-0.3, -0.25) is 4.98 Å². The molecule has 4 nitrogen and oxygen atoms in total. The lowest BCUT2D eigenvalue weighted by Crippen LogP contribution is -1.87. The van der Waals surface area contributed by atoms with Crippen LogP contribution in [-0.2, 0) is 0 Å². The number of fused-ring (bicyclic) bond motifs is 1. The molecule has 0 atom stereocenters. The van der Waals surface area contributed by atoms with Gasteiger partial charge in [0.1, 0.15) is 11.3 Å². The van der Waals surface area contributed by atoms with E-state index in [-0.39, 0.29) is 0 Å². The Kier molecular flexibility index (Phi) is 3.50. The zero-order valence-electron chi connectivity index (χ0n) is 13.1. The average molecular weight is 321 g/mol. The van der Waals surface area contributed by atoms with Crippen LogP contribution in [0, 0.1) is 17.9 Å². The Hall–Kier alpha value is -3.89. The van der Waals surface area contributed by atoms with Crippen molar-refractivity contribution in [3.05, 3.63) is 84.0 Å². The third kappa shape index (κ3) is 2.52. The summed E-state index contributed by atoms with van der Waals surface area (Å²) in [7, 11) is 0. The van der Waals surface area contributed by atoms with Crippen LogP contribution in [0.3, 0.4) is 0 Å². The lowest BCUT2D eigenvalue weighted by molar-refractivity contribution is 0.632. The summed E-state index contributed by atoms with van der Waals surface area (Å²) in [6.07, 6.45) is 3.34. The highest BCUT2D eigenvalue weighted by Crippen LogP contribution is 2.39. The molecule has 2 heterocycles. The molecule has 4 heteroatoms. The van der Waals surface area contributed by atoms with Gasteiger partial charge in [0.05, 0.1) is 18.2 Å². The highest BCUT2D eigenvalue weighted by atomic mass is 16.3. The lowest BCUT2D eigenvalue weighted by Gasteiger charge is -2.08. The van der Waals surface area contributed by atoms with Crippen LogP contribution in [0.1, 0.15) is 5.56 Å². The second-order valence-electron chi connectivity index (χ2n) is 5.52. The Balaban J connectivity index is 1.95. The van der Waals surface area contributed by atoms with Gasteiger partial charge in [-0.1, -0.05) is 18.2 Å². The Morgan fingerprint density at radius 3 is 2.52 bits per heavy atom. The quantitative estimate of drug-likeness (QED) is 0.453. The zero-order valence-corrected chi connectivity index (χ0v) is 13.1. The molecule has 0 fully saturated rings. The zero-order chi connectivity index (χ0) is 17.2. The first-order chi connectivity index (χ1) is 12.3. The summed E-state index contributed by atoms with van der Waals surface area (Å²) in [5.41, 5.74) is 3.90. The van der Waals surface area contributed by atoms with Crippen LogP contribution in [0.5, 0.6) is 0 Å².